The second-order valence-electron chi connectivity index (χ2n) is 11.1. The zero-order chi connectivity index (χ0) is 32.8. The van der Waals surface area contributed by atoms with Gasteiger partial charge in [-0.25, -0.2) is 9.37 Å². The lowest BCUT2D eigenvalue weighted by Gasteiger charge is -2.17. The van der Waals surface area contributed by atoms with Crippen LogP contribution in [0, 0.1) is 5.82 Å². The lowest BCUT2D eigenvalue weighted by Crippen LogP contribution is -2.20. The van der Waals surface area contributed by atoms with Gasteiger partial charge in [0, 0.05) is 40.5 Å². The molecule has 0 aliphatic rings. The molecule has 5 aromatic rings. The number of carbonyl (C=O) groups excluding carboxylic acids is 1. The van der Waals surface area contributed by atoms with E-state index in [0.29, 0.717) is 45.2 Å². The van der Waals surface area contributed by atoms with E-state index in [1.807, 2.05) is 54.8 Å². The van der Waals surface area contributed by atoms with Crippen molar-refractivity contribution in [3.05, 3.63) is 115 Å². The number of nitrogens with zero attached hydrogens (tertiary/aromatic N) is 2. The fourth-order valence-electron chi connectivity index (χ4n) is 5.46. The Balaban J connectivity index is 1.69. The lowest BCUT2D eigenvalue weighted by molar-refractivity contribution is -0.139. The number of aliphatic hydroxyl groups is 2. The number of rotatable bonds is 12. The fourth-order valence-corrected chi connectivity index (χ4v) is 5.46. The van der Waals surface area contributed by atoms with Crippen LogP contribution < -0.4 is 5.32 Å². The number of carboxylic acid groups (broad SMARTS) is 1. The number of hydrogen-bond acceptors (Lipinski definition) is 6. The van der Waals surface area contributed by atoms with Crippen LogP contribution >= 0.6 is 0 Å². The molecule has 0 saturated carbocycles. The van der Waals surface area contributed by atoms with Gasteiger partial charge in [-0.15, -0.1) is 0 Å². The minimum Gasteiger partial charge on any atom is -0.481 e. The van der Waals surface area contributed by atoms with Gasteiger partial charge in [0.25, 0.3) is 5.91 Å². The van der Waals surface area contributed by atoms with E-state index in [2.05, 4.69) is 10.3 Å². The molecular formula is C36H34FN3O6. The van der Waals surface area contributed by atoms with Crippen LogP contribution in [0.4, 0.5) is 10.1 Å². The highest BCUT2D eigenvalue weighted by Crippen LogP contribution is 2.43. The lowest BCUT2D eigenvalue weighted by atomic mass is 9.94. The first-order valence-electron chi connectivity index (χ1n) is 14.8. The Hall–Kier alpha value is -5.32. The second kappa shape index (κ2) is 14.2. The van der Waals surface area contributed by atoms with Crippen LogP contribution in [0.5, 0.6) is 0 Å². The largest absolute Gasteiger partial charge is 0.481 e. The Morgan fingerprint density at radius 3 is 2.30 bits per heavy atom. The Kier molecular flexibility index (Phi) is 9.90. The Bertz CT molecular complexity index is 1830. The number of halogens is 1. The summed E-state index contributed by atoms with van der Waals surface area (Å²) in [4.78, 5) is 29.6. The zero-order valence-electron chi connectivity index (χ0n) is 25.3. The fraction of sp³-hybridized carbons (Fsp3) is 0.194. The third kappa shape index (κ3) is 7.31. The van der Waals surface area contributed by atoms with Gasteiger partial charge in [0.1, 0.15) is 17.8 Å². The standard InChI is InChI=1S/C36H34FN3O6/c1-22(2)40-30(16-15-28(41)20-29(42)21-31(43)44)32(24-11-13-26(37)14-12-24)33(23-7-4-3-5-8-23)34(40)35(45)39-27-10-6-9-25(19-27)36-38-17-18-46-36/h3-19,22,28-29,41-42H,20-21H2,1-2H3,(H,39,45)(H,43,44)/b16-15+/t28-,29-/m1/s1. The molecule has 9 nitrogen and oxygen atoms in total. The maximum Gasteiger partial charge on any atom is 0.305 e. The van der Waals surface area contributed by atoms with Crippen LogP contribution in [0.2, 0.25) is 0 Å². The number of amides is 1. The van der Waals surface area contributed by atoms with Crippen LogP contribution in [-0.2, 0) is 4.79 Å². The van der Waals surface area contributed by atoms with E-state index in [-0.39, 0.29) is 12.5 Å². The van der Waals surface area contributed by atoms with Crippen molar-refractivity contribution in [1.82, 2.24) is 9.55 Å². The molecule has 3 aromatic carbocycles. The highest BCUT2D eigenvalue weighted by Gasteiger charge is 2.29. The average molecular weight is 624 g/mol. The monoisotopic (exact) mass is 623 g/mol. The predicted octanol–water partition coefficient (Wildman–Crippen LogP) is 7.05. The van der Waals surface area contributed by atoms with Crippen molar-refractivity contribution in [3.63, 3.8) is 0 Å². The van der Waals surface area contributed by atoms with E-state index in [1.54, 1.807) is 36.4 Å². The molecule has 236 valence electrons. The van der Waals surface area contributed by atoms with Crippen LogP contribution in [0.3, 0.4) is 0 Å². The smallest absolute Gasteiger partial charge is 0.305 e. The Morgan fingerprint density at radius 1 is 0.957 bits per heavy atom. The average Bonchev–Trinajstić information content (AvgIpc) is 3.68. The molecule has 2 atom stereocenters. The predicted molar refractivity (Wildman–Crippen MR) is 173 cm³/mol. The van der Waals surface area contributed by atoms with E-state index in [1.165, 1.54) is 30.7 Å². The summed E-state index contributed by atoms with van der Waals surface area (Å²) in [6.07, 6.45) is 2.99. The first kappa shape index (κ1) is 32.1. The molecule has 0 aliphatic carbocycles. The minimum absolute atomic E-state index is 0.198. The van der Waals surface area contributed by atoms with Gasteiger partial charge in [-0.05, 0) is 61.4 Å². The summed E-state index contributed by atoms with van der Waals surface area (Å²) in [6.45, 7) is 3.85. The highest BCUT2D eigenvalue weighted by atomic mass is 19.1. The number of aliphatic hydroxyl groups excluding tert-OH is 2. The van der Waals surface area contributed by atoms with Crippen molar-refractivity contribution in [2.75, 3.05) is 5.32 Å². The molecular weight excluding hydrogens is 589 g/mol. The Morgan fingerprint density at radius 2 is 1.65 bits per heavy atom. The van der Waals surface area contributed by atoms with E-state index >= 15 is 0 Å². The third-order valence-corrected chi connectivity index (χ3v) is 7.37. The number of hydrogen-bond donors (Lipinski definition) is 4. The maximum atomic E-state index is 14.4. The van der Waals surface area contributed by atoms with Gasteiger partial charge in [0.15, 0.2) is 0 Å². The first-order valence-corrected chi connectivity index (χ1v) is 14.8. The number of aliphatic carboxylic acids is 1. The number of nitrogens with one attached hydrogen (secondary N) is 1. The second-order valence-corrected chi connectivity index (χ2v) is 11.1. The zero-order valence-corrected chi connectivity index (χ0v) is 25.3. The molecule has 2 aromatic heterocycles. The summed E-state index contributed by atoms with van der Waals surface area (Å²) < 4.78 is 21.4. The summed E-state index contributed by atoms with van der Waals surface area (Å²) in [6, 6.07) is 22.2. The van der Waals surface area contributed by atoms with Gasteiger partial charge < -0.3 is 29.6 Å². The summed E-state index contributed by atoms with van der Waals surface area (Å²) >= 11 is 0. The molecule has 0 aliphatic heterocycles. The number of anilines is 1. The number of oxazole rings is 1. The number of benzene rings is 3. The molecule has 5 rings (SSSR count). The maximum absolute atomic E-state index is 14.4. The molecule has 4 N–H and O–H groups in total. The van der Waals surface area contributed by atoms with Crippen molar-refractivity contribution >= 4 is 23.6 Å². The number of aromatic nitrogens is 2. The van der Waals surface area contributed by atoms with Crippen LogP contribution in [0.15, 0.2) is 102 Å². The van der Waals surface area contributed by atoms with Gasteiger partial charge in [0.05, 0.1) is 24.8 Å². The molecule has 0 spiro atoms. The van der Waals surface area contributed by atoms with Crippen LogP contribution in [0.1, 0.15) is 48.9 Å². The summed E-state index contributed by atoms with van der Waals surface area (Å²) in [7, 11) is 0. The van der Waals surface area contributed by atoms with Crippen LogP contribution in [-0.4, -0.2) is 49.0 Å². The highest BCUT2D eigenvalue weighted by molar-refractivity contribution is 6.12. The van der Waals surface area contributed by atoms with Crippen molar-refractivity contribution < 1.29 is 33.7 Å². The van der Waals surface area contributed by atoms with E-state index in [9.17, 15) is 24.2 Å². The van der Waals surface area contributed by atoms with E-state index in [0.717, 1.165) is 5.56 Å². The van der Waals surface area contributed by atoms with Crippen molar-refractivity contribution in [2.24, 2.45) is 0 Å². The summed E-state index contributed by atoms with van der Waals surface area (Å²) in [5.74, 6) is -1.59. The van der Waals surface area contributed by atoms with Gasteiger partial charge in [-0.1, -0.05) is 54.6 Å². The molecule has 46 heavy (non-hydrogen) atoms. The quantitative estimate of drug-likeness (QED) is 0.117. The molecule has 10 heteroatoms. The summed E-state index contributed by atoms with van der Waals surface area (Å²) in [5.41, 5.74) is 4.70. The topological polar surface area (TPSA) is 138 Å². The molecule has 2 heterocycles. The van der Waals surface area contributed by atoms with Crippen LogP contribution in [0.25, 0.3) is 39.8 Å². The van der Waals surface area contributed by atoms with Crippen molar-refractivity contribution in [1.29, 1.82) is 0 Å². The molecule has 0 bridgehead atoms. The van der Waals surface area contributed by atoms with E-state index in [4.69, 9.17) is 9.52 Å². The molecule has 1 amide bonds. The van der Waals surface area contributed by atoms with Crippen molar-refractivity contribution in [2.45, 2.75) is 44.9 Å². The van der Waals surface area contributed by atoms with Gasteiger partial charge in [-0.3, -0.25) is 9.59 Å². The molecule has 0 saturated heterocycles. The Labute approximate surface area is 265 Å². The number of carbonyl (C=O) groups is 2. The first-order chi connectivity index (χ1) is 22.1. The van der Waals surface area contributed by atoms with Gasteiger partial charge in [-0.2, -0.15) is 0 Å². The molecule has 0 fully saturated rings. The van der Waals surface area contributed by atoms with Crippen molar-refractivity contribution in [3.8, 4) is 33.7 Å². The number of carboxylic acids is 1. The van der Waals surface area contributed by atoms with Gasteiger partial charge >= 0.3 is 5.97 Å². The van der Waals surface area contributed by atoms with E-state index < -0.39 is 36.3 Å². The normalized spacial score (nSPS) is 12.8. The minimum atomic E-state index is -1.25. The molecule has 0 unspecified atom stereocenters. The van der Waals surface area contributed by atoms with Gasteiger partial charge in [0.2, 0.25) is 5.89 Å². The summed E-state index contributed by atoms with van der Waals surface area (Å²) in [5, 5.41) is 32.9. The third-order valence-electron chi connectivity index (χ3n) is 7.37. The SMILES string of the molecule is CC(C)n1c(/C=C/[C@@H](O)C[C@@H](O)CC(=O)O)c(-c2ccc(F)cc2)c(-c2ccccc2)c1C(=O)Nc1cccc(-c2ncco2)c1. The molecule has 0 radical (unpaired) electrons.